The quantitative estimate of drug-likeness (QED) is 0.442. The van der Waals surface area contributed by atoms with Gasteiger partial charge in [0.05, 0.1) is 11.5 Å². The summed E-state index contributed by atoms with van der Waals surface area (Å²) in [5, 5.41) is 3.74. The van der Waals surface area contributed by atoms with E-state index in [1.54, 1.807) is 11.3 Å². The Labute approximate surface area is 174 Å². The van der Waals surface area contributed by atoms with Crippen LogP contribution in [0.3, 0.4) is 0 Å². The van der Waals surface area contributed by atoms with Gasteiger partial charge in [-0.1, -0.05) is 0 Å². The lowest BCUT2D eigenvalue weighted by Gasteiger charge is -2.29. The standard InChI is InChI=1S/C20H29N5O3S/c1-13-14(2)29-20-18(13)19(27)22-16(23-20)11-24-5-7-25(8-6-24)12-17(26)21-10-15-4-3-9-28-15/h15H,3-12H2,1-2H3,(H,21,26)(H,22,23,27)/p+2/t15-/m0/s1. The number of rotatable bonds is 6. The Morgan fingerprint density at radius 1 is 1.28 bits per heavy atom. The number of thiophene rings is 1. The lowest BCUT2D eigenvalue weighted by molar-refractivity contribution is -1.02. The molecule has 0 unspecified atom stereocenters. The van der Waals surface area contributed by atoms with Crippen LogP contribution in [-0.2, 0) is 16.1 Å². The van der Waals surface area contributed by atoms with Gasteiger partial charge in [-0.25, -0.2) is 4.98 Å². The second-order valence-corrected chi connectivity index (χ2v) is 9.47. The summed E-state index contributed by atoms with van der Waals surface area (Å²) in [5.41, 5.74) is 1.01. The van der Waals surface area contributed by atoms with Crippen molar-refractivity contribution in [1.82, 2.24) is 15.3 Å². The number of hydrogen-bond donors (Lipinski definition) is 4. The molecule has 2 aromatic heterocycles. The minimum Gasteiger partial charge on any atom is -0.376 e. The van der Waals surface area contributed by atoms with E-state index in [9.17, 15) is 9.59 Å². The molecule has 2 aliphatic rings. The van der Waals surface area contributed by atoms with E-state index < -0.39 is 0 Å². The van der Waals surface area contributed by atoms with Gasteiger partial charge in [-0.2, -0.15) is 0 Å². The largest absolute Gasteiger partial charge is 0.376 e. The van der Waals surface area contributed by atoms with Gasteiger partial charge in [0.2, 0.25) is 0 Å². The average Bonchev–Trinajstić information content (AvgIpc) is 3.30. The lowest BCUT2D eigenvalue weighted by atomic mass is 10.2. The predicted octanol–water partition coefficient (Wildman–Crippen LogP) is -1.82. The SMILES string of the molecule is Cc1sc2nc(C[NH+]3CC[NH+](CC(=O)NC[C@@H]4CCCO4)CC3)[nH]c(=O)c2c1C. The molecule has 158 valence electrons. The maximum absolute atomic E-state index is 12.4. The fourth-order valence-electron chi connectivity index (χ4n) is 4.25. The van der Waals surface area contributed by atoms with Gasteiger partial charge < -0.3 is 24.8 Å². The number of aromatic amines is 1. The number of ether oxygens (including phenoxy) is 1. The van der Waals surface area contributed by atoms with E-state index in [2.05, 4.69) is 10.3 Å². The first-order valence-corrected chi connectivity index (χ1v) is 11.4. The van der Waals surface area contributed by atoms with Crippen LogP contribution < -0.4 is 20.7 Å². The van der Waals surface area contributed by atoms with Crippen molar-refractivity contribution in [2.24, 2.45) is 0 Å². The molecular weight excluding hydrogens is 390 g/mol. The zero-order valence-electron chi connectivity index (χ0n) is 17.2. The maximum atomic E-state index is 12.4. The summed E-state index contributed by atoms with van der Waals surface area (Å²) in [6.45, 7) is 10.5. The van der Waals surface area contributed by atoms with Crippen LogP contribution in [0.25, 0.3) is 10.2 Å². The van der Waals surface area contributed by atoms with Crippen molar-refractivity contribution in [3.63, 3.8) is 0 Å². The number of H-pyrrole nitrogens is 1. The van der Waals surface area contributed by atoms with E-state index in [1.165, 1.54) is 9.80 Å². The molecule has 0 bridgehead atoms. The molecule has 0 spiro atoms. The molecule has 4 rings (SSSR count). The molecule has 0 radical (unpaired) electrons. The van der Waals surface area contributed by atoms with Crippen LogP contribution >= 0.6 is 11.3 Å². The average molecular weight is 422 g/mol. The second kappa shape index (κ2) is 8.91. The van der Waals surface area contributed by atoms with Crippen molar-refractivity contribution in [2.45, 2.75) is 39.3 Å². The molecule has 2 aromatic rings. The Balaban J connectivity index is 1.26. The second-order valence-electron chi connectivity index (χ2n) is 8.27. The number of nitrogens with zero attached hydrogens (tertiary/aromatic N) is 1. The van der Waals surface area contributed by atoms with Crippen LogP contribution in [0.2, 0.25) is 0 Å². The van der Waals surface area contributed by atoms with Crippen molar-refractivity contribution in [3.05, 3.63) is 26.6 Å². The Morgan fingerprint density at radius 2 is 2.03 bits per heavy atom. The zero-order valence-corrected chi connectivity index (χ0v) is 18.0. The molecule has 2 fully saturated rings. The zero-order chi connectivity index (χ0) is 20.4. The van der Waals surface area contributed by atoms with Gasteiger partial charge in [0.1, 0.15) is 37.6 Å². The van der Waals surface area contributed by atoms with Gasteiger partial charge in [-0.15, -0.1) is 11.3 Å². The monoisotopic (exact) mass is 421 g/mol. The molecule has 0 saturated carbocycles. The number of carbonyl (C=O) groups excluding carboxylic acids is 1. The van der Waals surface area contributed by atoms with Crippen molar-refractivity contribution < 1.29 is 19.3 Å². The minimum atomic E-state index is -0.0292. The van der Waals surface area contributed by atoms with Crippen LogP contribution in [-0.4, -0.2) is 67.9 Å². The van der Waals surface area contributed by atoms with E-state index in [1.807, 2.05) is 13.8 Å². The summed E-state index contributed by atoms with van der Waals surface area (Å²) >= 11 is 1.59. The van der Waals surface area contributed by atoms with Gasteiger partial charge >= 0.3 is 0 Å². The van der Waals surface area contributed by atoms with Crippen LogP contribution in [0.15, 0.2) is 4.79 Å². The number of quaternary nitrogens is 2. The highest BCUT2D eigenvalue weighted by atomic mass is 32.1. The summed E-state index contributed by atoms with van der Waals surface area (Å²) in [5.74, 6) is 0.871. The van der Waals surface area contributed by atoms with E-state index in [-0.39, 0.29) is 17.6 Å². The topological polar surface area (TPSA) is 93.0 Å². The number of nitrogens with one attached hydrogen (secondary N) is 4. The number of fused-ring (bicyclic) bond motifs is 1. The first-order chi connectivity index (χ1) is 14.0. The number of amides is 1. The number of carbonyl (C=O) groups is 1. The fourth-order valence-corrected chi connectivity index (χ4v) is 5.30. The number of aromatic nitrogens is 2. The normalized spacial score (nSPS) is 24.8. The predicted molar refractivity (Wildman–Crippen MR) is 112 cm³/mol. The van der Waals surface area contributed by atoms with Gasteiger partial charge in [-0.05, 0) is 32.3 Å². The number of hydrogen-bond acceptors (Lipinski definition) is 5. The summed E-state index contributed by atoms with van der Waals surface area (Å²) in [7, 11) is 0. The van der Waals surface area contributed by atoms with Gasteiger partial charge in [0.25, 0.3) is 11.5 Å². The molecule has 0 aliphatic carbocycles. The van der Waals surface area contributed by atoms with Crippen LogP contribution in [0, 0.1) is 13.8 Å². The molecule has 1 amide bonds. The Kier molecular flexibility index (Phi) is 6.29. The highest BCUT2D eigenvalue weighted by Gasteiger charge is 2.26. The Morgan fingerprint density at radius 3 is 2.76 bits per heavy atom. The molecule has 4 heterocycles. The van der Waals surface area contributed by atoms with Crippen molar-refractivity contribution in [2.75, 3.05) is 45.9 Å². The fraction of sp³-hybridized carbons (Fsp3) is 0.650. The molecule has 29 heavy (non-hydrogen) atoms. The summed E-state index contributed by atoms with van der Waals surface area (Å²) in [6.07, 6.45) is 2.33. The van der Waals surface area contributed by atoms with E-state index in [0.29, 0.717) is 13.1 Å². The highest BCUT2D eigenvalue weighted by Crippen LogP contribution is 2.25. The molecule has 9 heteroatoms. The van der Waals surface area contributed by atoms with Crippen molar-refractivity contribution in [1.29, 1.82) is 0 Å². The summed E-state index contributed by atoms with van der Waals surface area (Å²) < 4.78 is 5.55. The smallest absolute Gasteiger partial charge is 0.275 e. The molecule has 4 N–H and O–H groups in total. The number of piperazine rings is 1. The first-order valence-electron chi connectivity index (χ1n) is 10.5. The van der Waals surface area contributed by atoms with E-state index >= 15 is 0 Å². The lowest BCUT2D eigenvalue weighted by Crippen LogP contribution is -3.28. The van der Waals surface area contributed by atoms with Gasteiger partial charge in [0, 0.05) is 18.0 Å². The molecular formula is C20H31N5O3S+2. The number of aryl methyl sites for hydroxylation is 2. The maximum Gasteiger partial charge on any atom is 0.275 e. The third kappa shape index (κ3) is 4.85. The molecule has 8 nitrogen and oxygen atoms in total. The summed E-state index contributed by atoms with van der Waals surface area (Å²) in [4.78, 5) is 37.0. The molecule has 0 aromatic carbocycles. The van der Waals surface area contributed by atoms with Crippen LogP contribution in [0.4, 0.5) is 0 Å². The van der Waals surface area contributed by atoms with Gasteiger partial charge in [-0.3, -0.25) is 9.59 Å². The Hall–Kier alpha value is -1.81. The minimum absolute atomic E-state index is 0.0292. The van der Waals surface area contributed by atoms with E-state index in [0.717, 1.165) is 78.7 Å². The molecule has 1 atom stereocenters. The van der Waals surface area contributed by atoms with Crippen molar-refractivity contribution in [3.8, 4) is 0 Å². The molecule has 2 saturated heterocycles. The third-order valence-electron chi connectivity index (χ3n) is 6.13. The van der Waals surface area contributed by atoms with E-state index in [4.69, 9.17) is 9.72 Å². The highest BCUT2D eigenvalue weighted by molar-refractivity contribution is 7.18. The van der Waals surface area contributed by atoms with Crippen molar-refractivity contribution >= 4 is 27.5 Å². The van der Waals surface area contributed by atoms with Crippen LogP contribution in [0.1, 0.15) is 29.1 Å². The van der Waals surface area contributed by atoms with Gasteiger partial charge in [0.15, 0.2) is 12.4 Å². The summed E-state index contributed by atoms with van der Waals surface area (Å²) in [6, 6.07) is 0. The molecule has 2 aliphatic heterocycles. The van der Waals surface area contributed by atoms with Crippen LogP contribution in [0.5, 0.6) is 0 Å². The third-order valence-corrected chi connectivity index (χ3v) is 7.23. The Bertz CT molecular complexity index is 926. The first kappa shape index (κ1) is 20.5.